The topological polar surface area (TPSA) is 38.3 Å². The highest BCUT2D eigenvalue weighted by Crippen LogP contribution is 1.87. The average Bonchev–Trinajstić information content (AvgIpc) is 1.68. The molecule has 0 atom stereocenters. The van der Waals surface area contributed by atoms with Crippen LogP contribution >= 0.6 is 11.8 Å². The van der Waals surface area contributed by atoms with Gasteiger partial charge in [-0.3, -0.25) is 9.63 Å². The van der Waals surface area contributed by atoms with Gasteiger partial charge < -0.3 is 0 Å². The van der Waals surface area contributed by atoms with Gasteiger partial charge in [0.15, 0.2) is 0 Å². The first-order valence-electron chi connectivity index (χ1n) is 2.12. The van der Waals surface area contributed by atoms with E-state index in [9.17, 15) is 4.79 Å². The summed E-state index contributed by atoms with van der Waals surface area (Å²) in [6.07, 6.45) is 1.86. The Bertz CT molecular complexity index is 68.4. The number of hydroxylamine groups is 1. The Morgan fingerprint density at radius 1 is 1.88 bits per heavy atom. The van der Waals surface area contributed by atoms with E-state index in [4.69, 9.17) is 0 Å². The Labute approximate surface area is 52.7 Å². The van der Waals surface area contributed by atoms with Crippen LogP contribution in [0.5, 0.6) is 0 Å². The first-order chi connectivity index (χ1) is 3.81. The van der Waals surface area contributed by atoms with Crippen molar-refractivity contribution in [2.45, 2.75) is 0 Å². The second-order valence-corrected chi connectivity index (χ2v) is 2.03. The van der Waals surface area contributed by atoms with Gasteiger partial charge in [-0.05, 0) is 6.26 Å². The third kappa shape index (κ3) is 3.95. The van der Waals surface area contributed by atoms with Crippen LogP contribution in [0.15, 0.2) is 0 Å². The maximum Gasteiger partial charge on any atom is 0.253 e. The van der Waals surface area contributed by atoms with E-state index in [0.29, 0.717) is 5.75 Å². The zero-order chi connectivity index (χ0) is 6.41. The van der Waals surface area contributed by atoms with E-state index >= 15 is 0 Å². The second-order valence-electron chi connectivity index (χ2n) is 1.16. The minimum Gasteiger partial charge on any atom is -0.277 e. The number of thioether (sulfide) groups is 1. The van der Waals surface area contributed by atoms with Gasteiger partial charge in [0.2, 0.25) is 0 Å². The molecule has 0 saturated carbocycles. The fourth-order valence-electron chi connectivity index (χ4n) is 0.274. The summed E-state index contributed by atoms with van der Waals surface area (Å²) in [4.78, 5) is 14.7. The lowest BCUT2D eigenvalue weighted by Gasteiger charge is -1.96. The molecule has 3 nitrogen and oxygen atoms in total. The highest BCUT2D eigenvalue weighted by Gasteiger charge is 1.94. The molecule has 0 aliphatic rings. The molecule has 0 spiro atoms. The molecular formula is C4H9NO2S. The number of amides is 1. The van der Waals surface area contributed by atoms with Crippen LogP contribution in [0.2, 0.25) is 0 Å². The standard InChI is InChI=1S/C4H9NO2S/c1-7-5-4(6)3-8-2/h3H2,1-2H3,(H,5,6). The third-order valence-corrected chi connectivity index (χ3v) is 1.04. The minimum atomic E-state index is -0.0972. The molecule has 48 valence electrons. The van der Waals surface area contributed by atoms with Crippen molar-refractivity contribution >= 4 is 17.7 Å². The number of rotatable bonds is 3. The molecule has 0 bridgehead atoms. The summed E-state index contributed by atoms with van der Waals surface area (Å²) in [5, 5.41) is 0. The quantitative estimate of drug-likeness (QED) is 0.555. The van der Waals surface area contributed by atoms with Crippen LogP contribution in [-0.2, 0) is 9.63 Å². The Morgan fingerprint density at radius 3 is 2.88 bits per heavy atom. The van der Waals surface area contributed by atoms with Crippen molar-refractivity contribution in [1.82, 2.24) is 5.48 Å². The number of hydrogen-bond donors (Lipinski definition) is 1. The molecule has 0 unspecified atom stereocenters. The summed E-state index contributed by atoms with van der Waals surface area (Å²) in [5.41, 5.74) is 2.19. The van der Waals surface area contributed by atoms with Crippen molar-refractivity contribution in [3.8, 4) is 0 Å². The summed E-state index contributed by atoms with van der Waals surface area (Å²) < 4.78 is 0. The summed E-state index contributed by atoms with van der Waals surface area (Å²) in [5.74, 6) is 0.355. The van der Waals surface area contributed by atoms with Crippen LogP contribution in [0.4, 0.5) is 0 Å². The Hall–Kier alpha value is -0.220. The fraction of sp³-hybridized carbons (Fsp3) is 0.750. The molecule has 0 saturated heterocycles. The predicted octanol–water partition coefficient (Wildman–Crippen LogP) is 0.0270. The molecule has 0 aliphatic heterocycles. The molecule has 0 radical (unpaired) electrons. The van der Waals surface area contributed by atoms with Gasteiger partial charge in [0.05, 0.1) is 12.9 Å². The maximum atomic E-state index is 10.4. The molecule has 4 heteroatoms. The maximum absolute atomic E-state index is 10.4. The first kappa shape index (κ1) is 7.78. The smallest absolute Gasteiger partial charge is 0.253 e. The van der Waals surface area contributed by atoms with Gasteiger partial charge in [-0.15, -0.1) is 0 Å². The van der Waals surface area contributed by atoms with E-state index < -0.39 is 0 Å². The fourth-order valence-corrected chi connectivity index (χ4v) is 0.596. The highest BCUT2D eigenvalue weighted by atomic mass is 32.2. The monoisotopic (exact) mass is 135 g/mol. The van der Waals surface area contributed by atoms with Crippen molar-refractivity contribution in [2.24, 2.45) is 0 Å². The summed E-state index contributed by atoms with van der Waals surface area (Å²) >= 11 is 1.46. The van der Waals surface area contributed by atoms with Crippen molar-refractivity contribution in [3.63, 3.8) is 0 Å². The molecule has 0 aliphatic carbocycles. The van der Waals surface area contributed by atoms with E-state index in [-0.39, 0.29) is 5.91 Å². The van der Waals surface area contributed by atoms with Crippen LogP contribution in [0, 0.1) is 0 Å². The molecule has 8 heavy (non-hydrogen) atoms. The van der Waals surface area contributed by atoms with Crippen LogP contribution in [0.1, 0.15) is 0 Å². The zero-order valence-electron chi connectivity index (χ0n) is 4.93. The van der Waals surface area contributed by atoms with Crippen molar-refractivity contribution in [1.29, 1.82) is 0 Å². The second kappa shape index (κ2) is 4.93. The van der Waals surface area contributed by atoms with E-state index in [1.54, 1.807) is 0 Å². The van der Waals surface area contributed by atoms with Crippen molar-refractivity contribution < 1.29 is 9.63 Å². The lowest BCUT2D eigenvalue weighted by Crippen LogP contribution is -2.23. The molecule has 1 N–H and O–H groups in total. The molecule has 0 aromatic rings. The Balaban J connectivity index is 3.06. The summed E-state index contributed by atoms with van der Waals surface area (Å²) in [6, 6.07) is 0. The van der Waals surface area contributed by atoms with Gasteiger partial charge in [0.25, 0.3) is 5.91 Å². The van der Waals surface area contributed by atoms with E-state index in [1.165, 1.54) is 18.9 Å². The van der Waals surface area contributed by atoms with Crippen LogP contribution < -0.4 is 5.48 Å². The number of hydrogen-bond acceptors (Lipinski definition) is 3. The lowest BCUT2D eigenvalue weighted by atomic mass is 10.8. The van der Waals surface area contributed by atoms with E-state index in [0.717, 1.165) is 0 Å². The highest BCUT2D eigenvalue weighted by molar-refractivity contribution is 7.99. The third-order valence-electron chi connectivity index (χ3n) is 0.491. The van der Waals surface area contributed by atoms with Gasteiger partial charge in [-0.2, -0.15) is 11.8 Å². The van der Waals surface area contributed by atoms with Gasteiger partial charge in [-0.1, -0.05) is 0 Å². The van der Waals surface area contributed by atoms with E-state index in [1.807, 2.05) is 6.26 Å². The van der Waals surface area contributed by atoms with Crippen LogP contribution in [0.3, 0.4) is 0 Å². The molecule has 0 heterocycles. The molecule has 1 amide bonds. The molecule has 0 aromatic carbocycles. The van der Waals surface area contributed by atoms with Crippen molar-refractivity contribution in [3.05, 3.63) is 0 Å². The van der Waals surface area contributed by atoms with Crippen LogP contribution in [-0.4, -0.2) is 25.0 Å². The summed E-state index contributed by atoms with van der Waals surface area (Å²) in [7, 11) is 1.41. The lowest BCUT2D eigenvalue weighted by molar-refractivity contribution is -0.128. The number of nitrogens with one attached hydrogen (secondary N) is 1. The molecule has 0 aromatic heterocycles. The van der Waals surface area contributed by atoms with Gasteiger partial charge in [-0.25, -0.2) is 5.48 Å². The number of carbonyl (C=O) groups excluding carboxylic acids is 1. The predicted molar refractivity (Wildman–Crippen MR) is 33.5 cm³/mol. The van der Waals surface area contributed by atoms with E-state index in [2.05, 4.69) is 10.3 Å². The first-order valence-corrected chi connectivity index (χ1v) is 3.51. The number of carbonyl (C=O) groups is 1. The zero-order valence-corrected chi connectivity index (χ0v) is 5.75. The van der Waals surface area contributed by atoms with Crippen molar-refractivity contribution in [2.75, 3.05) is 19.1 Å². The Kier molecular flexibility index (Phi) is 4.79. The van der Waals surface area contributed by atoms with Gasteiger partial charge in [0, 0.05) is 0 Å². The summed E-state index contributed by atoms with van der Waals surface area (Å²) in [6.45, 7) is 0. The van der Waals surface area contributed by atoms with Gasteiger partial charge >= 0.3 is 0 Å². The minimum absolute atomic E-state index is 0.0972. The van der Waals surface area contributed by atoms with Crippen LogP contribution in [0.25, 0.3) is 0 Å². The average molecular weight is 135 g/mol. The van der Waals surface area contributed by atoms with Gasteiger partial charge in [0.1, 0.15) is 0 Å². The Morgan fingerprint density at radius 2 is 2.50 bits per heavy atom. The largest absolute Gasteiger partial charge is 0.277 e. The molecule has 0 fully saturated rings. The SMILES string of the molecule is CONC(=O)CSC. The molecule has 0 rings (SSSR count). The normalized spacial score (nSPS) is 8.75. The molecular weight excluding hydrogens is 126 g/mol.